The van der Waals surface area contributed by atoms with Crippen LogP contribution in [-0.2, 0) is 0 Å². The number of hydrogen-bond donors (Lipinski definition) is 0. The standard InChI is InChI=1S/C20H25Cl3N2S/c1-2-3-4-5-6-7-8-9-10-11-12-26-20-18(22)16(14-25)15(13-24)17(21)19(20)23/h2-12H2,1H3. The molecule has 2 nitrogen and oxygen atoms in total. The van der Waals surface area contributed by atoms with Gasteiger partial charge in [0, 0.05) is 4.90 Å². The van der Waals surface area contributed by atoms with Crippen LogP contribution in [0.3, 0.4) is 0 Å². The van der Waals surface area contributed by atoms with Crippen LogP contribution in [0.5, 0.6) is 0 Å². The van der Waals surface area contributed by atoms with Crippen molar-refractivity contribution in [2.45, 2.75) is 76.0 Å². The predicted molar refractivity (Wildman–Crippen MR) is 113 cm³/mol. The first-order valence-electron chi connectivity index (χ1n) is 9.21. The lowest BCUT2D eigenvalue weighted by Crippen LogP contribution is -1.93. The molecular formula is C20H25Cl3N2S. The summed E-state index contributed by atoms with van der Waals surface area (Å²) in [6, 6.07) is 3.86. The van der Waals surface area contributed by atoms with Crippen molar-refractivity contribution >= 4 is 46.6 Å². The van der Waals surface area contributed by atoms with Crippen LogP contribution in [0, 0.1) is 22.7 Å². The highest BCUT2D eigenvalue weighted by atomic mass is 35.5. The van der Waals surface area contributed by atoms with Crippen molar-refractivity contribution in [3.8, 4) is 12.1 Å². The van der Waals surface area contributed by atoms with E-state index in [4.69, 9.17) is 40.1 Å². The number of benzene rings is 1. The molecule has 6 heteroatoms. The SMILES string of the molecule is CCCCCCCCCCCCSc1c(Cl)c(Cl)c(C#N)c(C#N)c1Cl. The molecule has 0 spiro atoms. The van der Waals surface area contributed by atoms with Gasteiger partial charge in [-0.05, 0) is 12.2 Å². The van der Waals surface area contributed by atoms with Gasteiger partial charge in [0.05, 0.1) is 26.2 Å². The average molecular weight is 432 g/mol. The minimum atomic E-state index is 0.0486. The summed E-state index contributed by atoms with van der Waals surface area (Å²) in [5, 5.41) is 19.0. The topological polar surface area (TPSA) is 47.6 Å². The Bertz CT molecular complexity index is 663. The van der Waals surface area contributed by atoms with Gasteiger partial charge in [0.1, 0.15) is 12.1 Å². The molecule has 1 rings (SSSR count). The Balaban J connectivity index is 2.37. The number of hydrogen-bond acceptors (Lipinski definition) is 3. The first kappa shape index (κ1) is 23.5. The maximum atomic E-state index is 9.23. The van der Waals surface area contributed by atoms with Crippen molar-refractivity contribution in [3.05, 3.63) is 26.2 Å². The van der Waals surface area contributed by atoms with Crippen LogP contribution < -0.4 is 0 Å². The number of nitriles is 2. The lowest BCUT2D eigenvalue weighted by molar-refractivity contribution is 0.563. The molecule has 0 aliphatic carbocycles. The van der Waals surface area contributed by atoms with Gasteiger partial charge in [-0.1, -0.05) is 99.5 Å². The molecule has 0 radical (unpaired) electrons. The fourth-order valence-corrected chi connectivity index (χ4v) is 4.83. The number of unbranched alkanes of at least 4 members (excludes halogenated alkanes) is 9. The van der Waals surface area contributed by atoms with E-state index in [2.05, 4.69) is 6.92 Å². The minimum absolute atomic E-state index is 0.0486. The monoisotopic (exact) mass is 430 g/mol. The first-order chi connectivity index (χ1) is 12.6. The molecular weight excluding hydrogens is 407 g/mol. The number of halogens is 3. The Kier molecular flexibility index (Phi) is 12.2. The van der Waals surface area contributed by atoms with E-state index in [1.165, 1.54) is 69.5 Å². The van der Waals surface area contributed by atoms with Crippen LogP contribution in [0.1, 0.15) is 82.3 Å². The van der Waals surface area contributed by atoms with Crippen LogP contribution in [0.2, 0.25) is 15.1 Å². The quantitative estimate of drug-likeness (QED) is 0.189. The van der Waals surface area contributed by atoms with E-state index in [1.54, 1.807) is 0 Å². The molecule has 1 aromatic rings. The number of nitrogens with zero attached hydrogens (tertiary/aromatic N) is 2. The Labute approximate surface area is 176 Å². The van der Waals surface area contributed by atoms with E-state index in [0.29, 0.717) is 4.90 Å². The second-order valence-electron chi connectivity index (χ2n) is 6.28. The van der Waals surface area contributed by atoms with Crippen LogP contribution in [-0.4, -0.2) is 5.75 Å². The third-order valence-corrected chi connectivity index (χ3v) is 6.89. The van der Waals surface area contributed by atoms with E-state index in [9.17, 15) is 5.26 Å². The lowest BCUT2D eigenvalue weighted by atomic mass is 10.1. The van der Waals surface area contributed by atoms with Crippen molar-refractivity contribution in [1.29, 1.82) is 10.5 Å². The molecule has 0 atom stereocenters. The van der Waals surface area contributed by atoms with Crippen LogP contribution >= 0.6 is 46.6 Å². The highest BCUT2D eigenvalue weighted by Gasteiger charge is 2.21. The van der Waals surface area contributed by atoms with Crippen molar-refractivity contribution in [2.75, 3.05) is 5.75 Å². The molecule has 0 fully saturated rings. The Morgan fingerprint density at radius 1 is 0.692 bits per heavy atom. The number of rotatable bonds is 12. The fraction of sp³-hybridized carbons (Fsp3) is 0.600. The summed E-state index contributed by atoms with van der Waals surface area (Å²) in [7, 11) is 0. The molecule has 142 valence electrons. The van der Waals surface area contributed by atoms with Crippen molar-refractivity contribution in [2.24, 2.45) is 0 Å². The molecule has 0 saturated heterocycles. The summed E-state index contributed by atoms with van der Waals surface area (Å²) in [4.78, 5) is 0.602. The minimum Gasteiger partial charge on any atom is -0.192 e. The molecule has 0 heterocycles. The number of thioether (sulfide) groups is 1. The van der Waals surface area contributed by atoms with Gasteiger partial charge in [0.2, 0.25) is 0 Å². The average Bonchev–Trinajstić information content (AvgIpc) is 2.64. The fourth-order valence-electron chi connectivity index (χ4n) is 2.74. The summed E-state index contributed by atoms with van der Waals surface area (Å²) in [6.45, 7) is 2.24. The largest absolute Gasteiger partial charge is 0.192 e. The maximum Gasteiger partial charge on any atom is 0.102 e. The second kappa shape index (κ2) is 13.6. The highest BCUT2D eigenvalue weighted by Crippen LogP contribution is 2.43. The lowest BCUT2D eigenvalue weighted by Gasteiger charge is -2.11. The van der Waals surface area contributed by atoms with Gasteiger partial charge in [0.15, 0.2) is 0 Å². The molecule has 0 unspecified atom stereocenters. The molecule has 0 aromatic heterocycles. The zero-order valence-electron chi connectivity index (χ0n) is 15.2. The van der Waals surface area contributed by atoms with Gasteiger partial charge in [-0.25, -0.2) is 0 Å². The Morgan fingerprint density at radius 3 is 1.65 bits per heavy atom. The first-order valence-corrected chi connectivity index (χ1v) is 11.3. The van der Waals surface area contributed by atoms with E-state index in [1.807, 2.05) is 12.1 Å². The van der Waals surface area contributed by atoms with Crippen molar-refractivity contribution in [1.82, 2.24) is 0 Å². The zero-order chi connectivity index (χ0) is 19.4. The highest BCUT2D eigenvalue weighted by molar-refractivity contribution is 7.99. The molecule has 0 aliphatic heterocycles. The smallest absolute Gasteiger partial charge is 0.102 e. The van der Waals surface area contributed by atoms with E-state index in [-0.39, 0.29) is 26.2 Å². The molecule has 26 heavy (non-hydrogen) atoms. The summed E-state index contributed by atoms with van der Waals surface area (Å²) in [6.07, 6.45) is 12.8. The maximum absolute atomic E-state index is 9.23. The van der Waals surface area contributed by atoms with Crippen LogP contribution in [0.4, 0.5) is 0 Å². The van der Waals surface area contributed by atoms with E-state index < -0.39 is 0 Å². The third-order valence-electron chi connectivity index (χ3n) is 4.25. The molecule has 1 aromatic carbocycles. The van der Waals surface area contributed by atoms with E-state index >= 15 is 0 Å². The van der Waals surface area contributed by atoms with Gasteiger partial charge in [0.25, 0.3) is 0 Å². The second-order valence-corrected chi connectivity index (χ2v) is 8.51. The summed E-state index contributed by atoms with van der Waals surface area (Å²) in [5.74, 6) is 0.864. The van der Waals surface area contributed by atoms with Gasteiger partial charge >= 0.3 is 0 Å². The van der Waals surface area contributed by atoms with Crippen molar-refractivity contribution < 1.29 is 0 Å². The van der Waals surface area contributed by atoms with Crippen LogP contribution in [0.15, 0.2) is 4.90 Å². The van der Waals surface area contributed by atoms with Crippen molar-refractivity contribution in [3.63, 3.8) is 0 Å². The summed E-state index contributed by atoms with van der Waals surface area (Å²) >= 11 is 20.1. The third kappa shape index (κ3) is 7.21. The molecule has 0 aliphatic rings. The normalized spacial score (nSPS) is 10.5. The molecule has 0 N–H and O–H groups in total. The van der Waals surface area contributed by atoms with Crippen LogP contribution in [0.25, 0.3) is 0 Å². The zero-order valence-corrected chi connectivity index (χ0v) is 18.3. The predicted octanol–water partition coefficient (Wildman–Crippen LogP) is 8.40. The molecule has 0 amide bonds. The molecule has 0 bridgehead atoms. The van der Waals surface area contributed by atoms with Gasteiger partial charge in [-0.3, -0.25) is 0 Å². The summed E-state index contributed by atoms with van der Waals surface area (Å²) in [5.41, 5.74) is 0.154. The van der Waals surface area contributed by atoms with Gasteiger partial charge < -0.3 is 0 Å². The Morgan fingerprint density at radius 2 is 1.15 bits per heavy atom. The van der Waals surface area contributed by atoms with Gasteiger partial charge in [-0.2, -0.15) is 10.5 Å². The van der Waals surface area contributed by atoms with Gasteiger partial charge in [-0.15, -0.1) is 11.8 Å². The Hall–Kier alpha value is -0.580. The molecule has 0 saturated carbocycles. The summed E-state index contributed by atoms with van der Waals surface area (Å²) < 4.78 is 0. The van der Waals surface area contributed by atoms with E-state index in [0.717, 1.165) is 12.2 Å².